The van der Waals surface area contributed by atoms with Crippen LogP contribution in [0.3, 0.4) is 0 Å². The maximum absolute atomic E-state index is 14.9. The predicted molar refractivity (Wildman–Crippen MR) is 178 cm³/mol. The zero-order chi connectivity index (χ0) is 31.9. The van der Waals surface area contributed by atoms with Crippen molar-refractivity contribution >= 4 is 24.9 Å². The quantitative estimate of drug-likeness (QED) is 0.264. The topological polar surface area (TPSA) is 90.2 Å². The van der Waals surface area contributed by atoms with Crippen LogP contribution in [0.2, 0.25) is 18.6 Å². The minimum atomic E-state index is -2.32. The summed E-state index contributed by atoms with van der Waals surface area (Å²) in [5, 5.41) is 11.4. The number of amides is 1. The van der Waals surface area contributed by atoms with Gasteiger partial charge in [0, 0.05) is 30.0 Å². The number of pyridine rings is 1. The van der Waals surface area contributed by atoms with Crippen LogP contribution in [-0.4, -0.2) is 50.6 Å². The Morgan fingerprint density at radius 2 is 1.67 bits per heavy atom. The Hall–Kier alpha value is -4.18. The van der Waals surface area contributed by atoms with E-state index < -0.39 is 13.7 Å². The smallest absolute Gasteiger partial charge is 0.297 e. The predicted octanol–water partition coefficient (Wildman–Crippen LogP) is 5.00. The molecule has 3 heterocycles. The fraction of sp³-hybridized carbons (Fsp3) is 0.333. The molecule has 1 N–H and O–H groups in total. The van der Waals surface area contributed by atoms with Crippen molar-refractivity contribution in [3.05, 3.63) is 113 Å². The number of benzene rings is 3. The minimum Gasteiger partial charge on any atom is -0.497 e. The summed E-state index contributed by atoms with van der Waals surface area (Å²) in [5.74, 6) is 0.686. The summed E-state index contributed by atoms with van der Waals surface area (Å²) in [6.07, 6.45) is 1.78. The summed E-state index contributed by atoms with van der Waals surface area (Å²) in [4.78, 5) is 30.0. The first-order chi connectivity index (χ1) is 21.7. The van der Waals surface area contributed by atoms with Crippen LogP contribution in [-0.2, 0) is 21.7 Å². The van der Waals surface area contributed by atoms with Gasteiger partial charge >= 0.3 is 0 Å². The molecule has 0 radical (unpaired) electrons. The summed E-state index contributed by atoms with van der Waals surface area (Å²) in [6, 6.07) is 27.2. The highest BCUT2D eigenvalue weighted by Gasteiger charge is 2.66. The number of aliphatic hydroxyl groups excluding tert-OH is 1. The molecule has 3 aromatic carbocycles. The summed E-state index contributed by atoms with van der Waals surface area (Å²) in [5.41, 5.74) is 1.57. The molecule has 4 atom stereocenters. The molecule has 45 heavy (non-hydrogen) atoms. The van der Waals surface area contributed by atoms with Crippen molar-refractivity contribution in [2.45, 2.75) is 50.2 Å². The van der Waals surface area contributed by atoms with Gasteiger partial charge in [-0.15, -0.1) is 0 Å². The number of ether oxygens (including phenoxy) is 3. The SMILES string of the molecule is COc1ccc([Si](C)(C)[C@@H]2[C@@H](CCO)O[C@]3(C(=O)N(Cc4ccccc4)c4ccc(-n5cccc(OC)c5=O)cc43)[C@H]2C)cc1. The molecule has 9 heteroatoms. The van der Waals surface area contributed by atoms with Gasteiger partial charge in [-0.1, -0.05) is 67.7 Å². The van der Waals surface area contributed by atoms with E-state index in [4.69, 9.17) is 14.2 Å². The molecule has 4 aromatic rings. The van der Waals surface area contributed by atoms with Gasteiger partial charge in [-0.2, -0.15) is 0 Å². The summed E-state index contributed by atoms with van der Waals surface area (Å²) in [6.45, 7) is 7.09. The second-order valence-corrected chi connectivity index (χ2v) is 17.2. The van der Waals surface area contributed by atoms with Crippen LogP contribution < -0.4 is 25.1 Å². The van der Waals surface area contributed by atoms with Crippen LogP contribution in [0.1, 0.15) is 24.5 Å². The van der Waals surface area contributed by atoms with Crippen LogP contribution >= 0.6 is 0 Å². The lowest BCUT2D eigenvalue weighted by Crippen LogP contribution is -2.51. The van der Waals surface area contributed by atoms with Gasteiger partial charge in [-0.3, -0.25) is 14.2 Å². The van der Waals surface area contributed by atoms with E-state index in [9.17, 15) is 14.7 Å². The van der Waals surface area contributed by atoms with E-state index in [2.05, 4.69) is 32.2 Å². The van der Waals surface area contributed by atoms with Gasteiger partial charge in [0.05, 0.1) is 40.6 Å². The molecule has 1 spiro atoms. The average Bonchev–Trinajstić information content (AvgIpc) is 3.48. The fourth-order valence-corrected chi connectivity index (χ4v) is 11.7. The number of hydrogen-bond acceptors (Lipinski definition) is 6. The number of rotatable bonds is 9. The first-order valence-corrected chi connectivity index (χ1v) is 18.4. The number of nitrogens with zero attached hydrogens (tertiary/aromatic N) is 2. The van der Waals surface area contributed by atoms with E-state index >= 15 is 0 Å². The lowest BCUT2D eigenvalue weighted by atomic mass is 9.82. The Morgan fingerprint density at radius 3 is 2.33 bits per heavy atom. The largest absolute Gasteiger partial charge is 0.497 e. The number of aliphatic hydroxyl groups is 1. The molecule has 1 amide bonds. The highest BCUT2D eigenvalue weighted by atomic mass is 28.3. The Labute approximate surface area is 264 Å². The van der Waals surface area contributed by atoms with Crippen LogP contribution in [0.4, 0.5) is 5.69 Å². The van der Waals surface area contributed by atoms with Gasteiger partial charge in [0.2, 0.25) is 0 Å². The van der Waals surface area contributed by atoms with Gasteiger partial charge in [0.25, 0.3) is 11.5 Å². The van der Waals surface area contributed by atoms with Crippen molar-refractivity contribution in [2.24, 2.45) is 5.92 Å². The molecule has 1 saturated heterocycles. The Morgan fingerprint density at radius 1 is 0.933 bits per heavy atom. The van der Waals surface area contributed by atoms with Gasteiger partial charge in [0.1, 0.15) is 5.75 Å². The van der Waals surface area contributed by atoms with E-state index in [1.165, 1.54) is 16.9 Å². The minimum absolute atomic E-state index is 0.00900. The Bertz CT molecular complexity index is 1760. The number of carbonyl (C=O) groups is 1. The summed E-state index contributed by atoms with van der Waals surface area (Å²) >= 11 is 0. The van der Waals surface area contributed by atoms with Crippen molar-refractivity contribution in [1.29, 1.82) is 0 Å². The van der Waals surface area contributed by atoms with E-state index in [1.807, 2.05) is 65.6 Å². The third-order valence-electron chi connectivity index (χ3n) is 9.83. The highest BCUT2D eigenvalue weighted by molar-refractivity contribution is 6.91. The molecule has 0 saturated carbocycles. The van der Waals surface area contributed by atoms with Crippen molar-refractivity contribution in [3.8, 4) is 17.2 Å². The molecule has 6 rings (SSSR count). The number of anilines is 1. The van der Waals surface area contributed by atoms with Crippen LogP contribution in [0.15, 0.2) is 95.9 Å². The van der Waals surface area contributed by atoms with E-state index in [-0.39, 0.29) is 41.4 Å². The van der Waals surface area contributed by atoms with E-state index in [0.29, 0.717) is 18.7 Å². The number of fused-ring (bicyclic) bond motifs is 2. The molecule has 1 fully saturated rings. The van der Waals surface area contributed by atoms with Gasteiger partial charge in [-0.25, -0.2) is 0 Å². The highest BCUT2D eigenvalue weighted by Crippen LogP contribution is 2.60. The molecule has 0 bridgehead atoms. The molecule has 0 unspecified atom stereocenters. The van der Waals surface area contributed by atoms with Gasteiger partial charge in [-0.05, 0) is 60.0 Å². The van der Waals surface area contributed by atoms with Crippen molar-refractivity contribution < 1.29 is 24.1 Å². The fourth-order valence-electron chi connectivity index (χ4n) is 7.60. The molecule has 234 valence electrons. The third kappa shape index (κ3) is 4.99. The average molecular weight is 625 g/mol. The molecule has 1 aromatic heterocycles. The van der Waals surface area contributed by atoms with E-state index in [0.717, 1.165) is 22.6 Å². The standard InChI is InChI=1S/C36H40N2O6Si/c1-24-33(45(4,5)28-16-14-27(42-2)15-17-28)31(19-21-39)44-36(24)29-22-26(37-20-9-12-32(43-3)34(37)40)13-18-30(29)38(35(36)41)23-25-10-7-6-8-11-25/h6-18,20,22,24,31,33,39H,19,21,23H2,1-5H3/t24-,31+,33-,36+/m0/s1. The molecule has 2 aliphatic heterocycles. The second-order valence-electron chi connectivity index (χ2n) is 12.5. The van der Waals surface area contributed by atoms with Crippen molar-refractivity contribution in [1.82, 2.24) is 4.57 Å². The normalized spacial score (nSPS) is 22.6. The monoisotopic (exact) mass is 624 g/mol. The zero-order valence-electron chi connectivity index (χ0n) is 26.4. The summed E-state index contributed by atoms with van der Waals surface area (Å²) < 4.78 is 19.3. The lowest BCUT2D eigenvalue weighted by Gasteiger charge is -2.37. The molecule has 2 aliphatic rings. The molecule has 0 aliphatic carbocycles. The third-order valence-corrected chi connectivity index (χ3v) is 14.2. The van der Waals surface area contributed by atoms with Crippen LogP contribution in [0.5, 0.6) is 11.5 Å². The second kappa shape index (κ2) is 12.0. The number of hydrogen-bond donors (Lipinski definition) is 1. The maximum Gasteiger partial charge on any atom is 0.297 e. The lowest BCUT2D eigenvalue weighted by molar-refractivity contribution is -0.146. The first kappa shape index (κ1) is 30.8. The number of aromatic nitrogens is 1. The zero-order valence-corrected chi connectivity index (χ0v) is 27.4. The van der Waals surface area contributed by atoms with Gasteiger partial charge in [0.15, 0.2) is 11.4 Å². The Balaban J connectivity index is 1.52. The van der Waals surface area contributed by atoms with Crippen molar-refractivity contribution in [3.63, 3.8) is 0 Å². The van der Waals surface area contributed by atoms with Crippen LogP contribution in [0.25, 0.3) is 5.69 Å². The van der Waals surface area contributed by atoms with Crippen molar-refractivity contribution in [2.75, 3.05) is 25.7 Å². The molecular formula is C36H40N2O6Si. The van der Waals surface area contributed by atoms with Crippen LogP contribution in [0, 0.1) is 5.92 Å². The number of methoxy groups -OCH3 is 2. The molecule has 8 nitrogen and oxygen atoms in total. The summed E-state index contributed by atoms with van der Waals surface area (Å²) in [7, 11) is 0.812. The first-order valence-electron chi connectivity index (χ1n) is 15.4. The van der Waals surface area contributed by atoms with Gasteiger partial charge < -0.3 is 24.2 Å². The van der Waals surface area contributed by atoms with E-state index in [1.54, 1.807) is 25.4 Å². The Kier molecular flexibility index (Phi) is 8.19. The number of carbonyl (C=O) groups excluding carboxylic acids is 1. The maximum atomic E-state index is 14.9. The molecular weight excluding hydrogens is 584 g/mol.